The zero-order valence-electron chi connectivity index (χ0n) is 8.01. The first-order chi connectivity index (χ1) is 6.19. The van der Waals surface area contributed by atoms with Crippen molar-refractivity contribution in [3.8, 4) is 0 Å². The van der Waals surface area contributed by atoms with Gasteiger partial charge in [-0.3, -0.25) is 0 Å². The Labute approximate surface area is 78.9 Å². The third kappa shape index (κ3) is 2.12. The van der Waals surface area contributed by atoms with E-state index in [1.54, 1.807) is 0 Å². The lowest BCUT2D eigenvalue weighted by Gasteiger charge is -2.09. The highest BCUT2D eigenvalue weighted by Crippen LogP contribution is 2.22. The van der Waals surface area contributed by atoms with Crippen molar-refractivity contribution in [1.29, 1.82) is 0 Å². The highest BCUT2D eigenvalue weighted by atomic mass is 14.7. The van der Waals surface area contributed by atoms with Crippen molar-refractivity contribution in [2.75, 3.05) is 11.5 Å². The molecule has 0 fully saturated rings. The summed E-state index contributed by atoms with van der Waals surface area (Å²) in [5.74, 6) is 0. The van der Waals surface area contributed by atoms with Gasteiger partial charge < -0.3 is 17.2 Å². The maximum absolute atomic E-state index is 5.75. The first kappa shape index (κ1) is 9.86. The van der Waals surface area contributed by atoms with E-state index in [4.69, 9.17) is 17.2 Å². The lowest BCUT2D eigenvalue weighted by molar-refractivity contribution is 0.917. The molecule has 1 aromatic rings. The number of hydrogen-bond acceptors (Lipinski definition) is 3. The summed E-state index contributed by atoms with van der Waals surface area (Å²) in [5, 5.41) is 0. The normalized spacial score (nSPS) is 10.3. The summed E-state index contributed by atoms with van der Waals surface area (Å²) in [6, 6.07) is 3.97. The van der Waals surface area contributed by atoms with E-state index >= 15 is 0 Å². The summed E-state index contributed by atoms with van der Waals surface area (Å²) in [7, 11) is 0. The minimum absolute atomic E-state index is 0.452. The van der Waals surface area contributed by atoms with Crippen molar-refractivity contribution in [1.82, 2.24) is 0 Å². The highest BCUT2D eigenvalue weighted by molar-refractivity contribution is 5.68. The number of aryl methyl sites for hydroxylation is 1. The van der Waals surface area contributed by atoms with Crippen LogP contribution in [0.4, 0.5) is 11.4 Å². The average Bonchev–Trinajstić information content (AvgIpc) is 2.11. The molecule has 1 rings (SSSR count). The van der Waals surface area contributed by atoms with Crippen molar-refractivity contribution in [2.24, 2.45) is 5.73 Å². The Balaban J connectivity index is 3.06. The van der Waals surface area contributed by atoms with Gasteiger partial charge in [-0.15, -0.1) is 0 Å². The molecular weight excluding hydrogens is 162 g/mol. The summed E-state index contributed by atoms with van der Waals surface area (Å²) < 4.78 is 0. The van der Waals surface area contributed by atoms with Crippen LogP contribution in [0.5, 0.6) is 0 Å². The van der Waals surface area contributed by atoms with Gasteiger partial charge in [0.25, 0.3) is 0 Å². The molecular formula is C10H17N3. The van der Waals surface area contributed by atoms with Gasteiger partial charge in [0.05, 0.1) is 11.4 Å². The van der Waals surface area contributed by atoms with Gasteiger partial charge in [0.2, 0.25) is 0 Å². The van der Waals surface area contributed by atoms with Gasteiger partial charge in [-0.05, 0) is 23.6 Å². The summed E-state index contributed by atoms with van der Waals surface area (Å²) >= 11 is 0. The number of anilines is 2. The third-order valence-electron chi connectivity index (χ3n) is 2.12. The maximum atomic E-state index is 5.75. The van der Waals surface area contributed by atoms with Crippen LogP contribution in [0.25, 0.3) is 0 Å². The van der Waals surface area contributed by atoms with Gasteiger partial charge in [-0.25, -0.2) is 0 Å². The van der Waals surface area contributed by atoms with Crippen LogP contribution in [0.3, 0.4) is 0 Å². The van der Waals surface area contributed by atoms with Gasteiger partial charge >= 0.3 is 0 Å². The molecule has 0 spiro atoms. The molecule has 0 heterocycles. The SMILES string of the molecule is CCCc1cc(N)c(N)c(CN)c1. The molecule has 1 aromatic carbocycles. The molecule has 0 bridgehead atoms. The Morgan fingerprint density at radius 3 is 2.46 bits per heavy atom. The Bertz CT molecular complexity index is 294. The minimum atomic E-state index is 0.452. The molecule has 0 aliphatic heterocycles. The number of nitrogen functional groups attached to an aromatic ring is 2. The third-order valence-corrected chi connectivity index (χ3v) is 2.12. The predicted molar refractivity (Wildman–Crippen MR) is 57.2 cm³/mol. The number of rotatable bonds is 3. The molecule has 3 heteroatoms. The van der Waals surface area contributed by atoms with Crippen molar-refractivity contribution in [3.05, 3.63) is 23.3 Å². The summed E-state index contributed by atoms with van der Waals surface area (Å²) in [5.41, 5.74) is 20.5. The molecule has 0 atom stereocenters. The Morgan fingerprint density at radius 1 is 1.23 bits per heavy atom. The highest BCUT2D eigenvalue weighted by Gasteiger charge is 2.03. The smallest absolute Gasteiger partial charge is 0.0593 e. The molecule has 0 radical (unpaired) electrons. The fourth-order valence-corrected chi connectivity index (χ4v) is 1.41. The van der Waals surface area contributed by atoms with E-state index in [0.717, 1.165) is 18.4 Å². The Hall–Kier alpha value is -1.22. The molecule has 0 unspecified atom stereocenters. The molecule has 0 aliphatic rings. The van der Waals surface area contributed by atoms with E-state index in [2.05, 4.69) is 6.92 Å². The number of nitrogens with two attached hydrogens (primary N) is 3. The van der Waals surface area contributed by atoms with Gasteiger partial charge in [-0.1, -0.05) is 19.4 Å². The molecule has 0 amide bonds. The van der Waals surface area contributed by atoms with E-state index in [1.165, 1.54) is 5.56 Å². The quantitative estimate of drug-likeness (QED) is 0.611. The molecule has 13 heavy (non-hydrogen) atoms. The predicted octanol–water partition coefficient (Wildman–Crippen LogP) is 1.26. The fraction of sp³-hybridized carbons (Fsp3) is 0.400. The second-order valence-electron chi connectivity index (χ2n) is 3.21. The van der Waals surface area contributed by atoms with Crippen LogP contribution in [0.15, 0.2) is 12.1 Å². The van der Waals surface area contributed by atoms with E-state index in [1.807, 2.05) is 12.1 Å². The van der Waals surface area contributed by atoms with E-state index in [-0.39, 0.29) is 0 Å². The second-order valence-corrected chi connectivity index (χ2v) is 3.21. The first-order valence-corrected chi connectivity index (χ1v) is 4.55. The molecule has 0 saturated heterocycles. The lowest BCUT2D eigenvalue weighted by Crippen LogP contribution is -2.06. The van der Waals surface area contributed by atoms with Gasteiger partial charge in [0, 0.05) is 6.54 Å². The standard InChI is InChI=1S/C10H17N3/c1-2-3-7-4-8(6-11)10(13)9(12)5-7/h4-5H,2-3,6,11-13H2,1H3. The van der Waals surface area contributed by atoms with Crippen LogP contribution in [0, 0.1) is 0 Å². The fourth-order valence-electron chi connectivity index (χ4n) is 1.41. The van der Waals surface area contributed by atoms with Gasteiger partial charge in [-0.2, -0.15) is 0 Å². The van der Waals surface area contributed by atoms with Crippen molar-refractivity contribution in [3.63, 3.8) is 0 Å². The summed E-state index contributed by atoms with van der Waals surface area (Å²) in [6.45, 7) is 2.59. The molecule has 0 saturated carbocycles. The minimum Gasteiger partial charge on any atom is -0.397 e. The second kappa shape index (κ2) is 4.14. The van der Waals surface area contributed by atoms with Crippen molar-refractivity contribution >= 4 is 11.4 Å². The van der Waals surface area contributed by atoms with Crippen LogP contribution in [0.1, 0.15) is 24.5 Å². The zero-order chi connectivity index (χ0) is 9.84. The molecule has 0 aromatic heterocycles. The van der Waals surface area contributed by atoms with Crippen molar-refractivity contribution < 1.29 is 0 Å². The molecule has 72 valence electrons. The summed E-state index contributed by atoms with van der Waals surface area (Å²) in [4.78, 5) is 0. The average molecular weight is 179 g/mol. The van der Waals surface area contributed by atoms with Crippen LogP contribution >= 0.6 is 0 Å². The topological polar surface area (TPSA) is 78.1 Å². The Kier molecular flexibility index (Phi) is 3.14. The van der Waals surface area contributed by atoms with E-state index in [9.17, 15) is 0 Å². The molecule has 0 aliphatic carbocycles. The summed E-state index contributed by atoms with van der Waals surface area (Å²) in [6.07, 6.45) is 2.13. The van der Waals surface area contributed by atoms with Crippen LogP contribution in [0.2, 0.25) is 0 Å². The molecule has 3 nitrogen and oxygen atoms in total. The monoisotopic (exact) mass is 179 g/mol. The van der Waals surface area contributed by atoms with E-state index < -0.39 is 0 Å². The number of benzene rings is 1. The van der Waals surface area contributed by atoms with Crippen LogP contribution in [-0.4, -0.2) is 0 Å². The van der Waals surface area contributed by atoms with Crippen LogP contribution in [-0.2, 0) is 13.0 Å². The maximum Gasteiger partial charge on any atom is 0.0593 e. The largest absolute Gasteiger partial charge is 0.397 e. The number of hydrogen-bond donors (Lipinski definition) is 3. The first-order valence-electron chi connectivity index (χ1n) is 4.55. The molecule has 6 N–H and O–H groups in total. The zero-order valence-corrected chi connectivity index (χ0v) is 8.01. The van der Waals surface area contributed by atoms with Crippen LogP contribution < -0.4 is 17.2 Å². The van der Waals surface area contributed by atoms with Crippen molar-refractivity contribution in [2.45, 2.75) is 26.3 Å². The van der Waals surface area contributed by atoms with Gasteiger partial charge in [0.1, 0.15) is 0 Å². The van der Waals surface area contributed by atoms with E-state index in [0.29, 0.717) is 17.9 Å². The lowest BCUT2D eigenvalue weighted by atomic mass is 10.0. The Morgan fingerprint density at radius 2 is 1.92 bits per heavy atom. The van der Waals surface area contributed by atoms with Gasteiger partial charge in [0.15, 0.2) is 0 Å².